The summed E-state index contributed by atoms with van der Waals surface area (Å²) in [6, 6.07) is 0. The smallest absolute Gasteiger partial charge is 0.306 e. The molecule has 20 heteroatoms. The van der Waals surface area contributed by atoms with E-state index < -0.39 is 128 Å². The number of esters is 9. The lowest BCUT2D eigenvalue weighted by Crippen LogP contribution is -2.70. The Morgan fingerprint density at radius 1 is 0.287 bits per heavy atom. The number of rotatable bonds is 42. The molecule has 2 fully saturated rings. The fraction of sp³-hybridized carbons (Fsp3) is 0.850. The molecule has 0 aromatic rings. The summed E-state index contributed by atoms with van der Waals surface area (Å²) in [6.45, 7) is 10.9. The van der Waals surface area contributed by atoms with E-state index in [4.69, 9.17) is 52.1 Å². The highest BCUT2D eigenvalue weighted by Gasteiger charge is 2.62. The van der Waals surface area contributed by atoms with Gasteiger partial charge in [-0.1, -0.05) is 181 Å². The van der Waals surface area contributed by atoms with Crippen LogP contribution in [0.5, 0.6) is 0 Å². The molecule has 1 saturated carbocycles. The van der Waals surface area contributed by atoms with Crippen LogP contribution in [0.25, 0.3) is 0 Å². The maximum absolute atomic E-state index is 13.8. The maximum Gasteiger partial charge on any atom is 0.306 e. The van der Waals surface area contributed by atoms with E-state index in [1.165, 1.54) is 109 Å². The van der Waals surface area contributed by atoms with Crippen molar-refractivity contribution in [2.24, 2.45) is 0 Å². The van der Waals surface area contributed by atoms with Crippen molar-refractivity contribution in [1.82, 2.24) is 0 Å². The van der Waals surface area contributed by atoms with Crippen molar-refractivity contribution >= 4 is 53.7 Å². The summed E-state index contributed by atoms with van der Waals surface area (Å²) in [4.78, 5) is 117. The predicted molar refractivity (Wildman–Crippen MR) is 293 cm³/mol. The molecule has 1 aliphatic heterocycles. The Morgan fingerprint density at radius 2 is 0.537 bits per heavy atom. The van der Waals surface area contributed by atoms with Gasteiger partial charge in [-0.25, -0.2) is 0 Å². The summed E-state index contributed by atoms with van der Waals surface area (Å²) >= 11 is 0. The van der Waals surface area contributed by atoms with E-state index in [9.17, 15) is 43.2 Å². The fourth-order valence-corrected chi connectivity index (χ4v) is 10.4. The monoisotopic (exact) mass is 1140 g/mol. The van der Waals surface area contributed by atoms with Crippen molar-refractivity contribution in [3.63, 3.8) is 0 Å². The summed E-state index contributed by atoms with van der Waals surface area (Å²) in [5.74, 6) is -8.12. The van der Waals surface area contributed by atoms with E-state index in [0.717, 1.165) is 106 Å². The second kappa shape index (κ2) is 42.0. The molecule has 0 spiro atoms. The molecule has 460 valence electrons. The number of carbonyl (C=O) groups is 9. The Hall–Kier alpha value is -4.85. The highest BCUT2D eigenvalue weighted by Crippen LogP contribution is 2.38. The van der Waals surface area contributed by atoms with Crippen LogP contribution in [0.15, 0.2) is 0 Å². The van der Waals surface area contributed by atoms with Crippen molar-refractivity contribution in [2.75, 3.05) is 6.61 Å². The lowest BCUT2D eigenvalue weighted by Gasteiger charge is -2.50. The first-order valence-corrected chi connectivity index (χ1v) is 30.2. The normalized spacial score (nSPS) is 23.4. The van der Waals surface area contributed by atoms with Gasteiger partial charge in [0.05, 0.1) is 0 Å². The third-order valence-electron chi connectivity index (χ3n) is 14.1. The van der Waals surface area contributed by atoms with Gasteiger partial charge in [0.15, 0.2) is 55.1 Å². The highest BCUT2D eigenvalue weighted by atomic mass is 16.8. The molecule has 0 radical (unpaired) electrons. The first-order valence-electron chi connectivity index (χ1n) is 30.2. The van der Waals surface area contributed by atoms with Crippen LogP contribution in [0.4, 0.5) is 0 Å². The van der Waals surface area contributed by atoms with Gasteiger partial charge in [0, 0.05) is 61.3 Å². The zero-order valence-corrected chi connectivity index (χ0v) is 49.9. The van der Waals surface area contributed by atoms with Crippen molar-refractivity contribution in [1.29, 1.82) is 0 Å². The minimum absolute atomic E-state index is 0.0418. The Bertz CT molecular complexity index is 1790. The van der Waals surface area contributed by atoms with Crippen LogP contribution in [0.2, 0.25) is 0 Å². The van der Waals surface area contributed by atoms with Crippen LogP contribution in [0.3, 0.4) is 0 Å². The third-order valence-corrected chi connectivity index (χ3v) is 14.1. The largest absolute Gasteiger partial charge is 0.463 e. The van der Waals surface area contributed by atoms with Crippen molar-refractivity contribution in [3.05, 3.63) is 0 Å². The van der Waals surface area contributed by atoms with Gasteiger partial charge in [-0.15, -0.1) is 0 Å². The topological polar surface area (TPSA) is 255 Å². The zero-order valence-electron chi connectivity index (χ0n) is 49.9. The van der Waals surface area contributed by atoms with E-state index in [1.807, 2.05) is 0 Å². The maximum atomic E-state index is 13.8. The molecule has 0 aromatic carbocycles. The number of unbranched alkanes of at least 4 members (excludes halogenated alkanes) is 26. The summed E-state index contributed by atoms with van der Waals surface area (Å²) in [5, 5.41) is 0. The van der Waals surface area contributed by atoms with Crippen LogP contribution in [-0.4, -0.2) is 128 Å². The Balaban J connectivity index is 2.45. The second-order valence-corrected chi connectivity index (χ2v) is 21.5. The summed E-state index contributed by atoms with van der Waals surface area (Å²) in [5.41, 5.74) is 0. The molecule has 1 heterocycles. The molecule has 0 amide bonds. The molecule has 1 aliphatic carbocycles. The Labute approximate surface area is 476 Å². The average molecular weight is 1140 g/mol. The van der Waals surface area contributed by atoms with Crippen LogP contribution in [0, 0.1) is 0 Å². The zero-order chi connectivity index (χ0) is 59.2. The average Bonchev–Trinajstić information content (AvgIpc) is 3.58. The van der Waals surface area contributed by atoms with E-state index in [-0.39, 0.29) is 12.8 Å². The molecule has 20 nitrogen and oxygen atoms in total. The Morgan fingerprint density at radius 3 is 0.838 bits per heavy atom. The van der Waals surface area contributed by atoms with Gasteiger partial charge in [0.1, 0.15) is 18.8 Å². The van der Waals surface area contributed by atoms with Crippen LogP contribution < -0.4 is 0 Å². The summed E-state index contributed by atoms with van der Waals surface area (Å²) < 4.78 is 64.3. The first-order chi connectivity index (χ1) is 38.3. The van der Waals surface area contributed by atoms with E-state index in [1.54, 1.807) is 0 Å². The molecule has 2 aliphatic rings. The highest BCUT2D eigenvalue weighted by molar-refractivity contribution is 5.72. The quantitative estimate of drug-likeness (QED) is 0.0313. The van der Waals surface area contributed by atoms with Gasteiger partial charge < -0.3 is 52.1 Å². The molecule has 0 N–H and O–H groups in total. The van der Waals surface area contributed by atoms with Gasteiger partial charge in [-0.2, -0.15) is 0 Å². The van der Waals surface area contributed by atoms with Gasteiger partial charge in [-0.3, -0.25) is 43.2 Å². The molecular weight excluding hydrogens is 1040 g/mol. The lowest BCUT2D eigenvalue weighted by atomic mass is 9.83. The molecule has 2 rings (SSSR count). The lowest BCUT2D eigenvalue weighted by molar-refractivity contribution is -0.343. The minimum Gasteiger partial charge on any atom is -0.463 e. The number of ether oxygens (including phenoxy) is 11. The van der Waals surface area contributed by atoms with Crippen LogP contribution >= 0.6 is 0 Å². The van der Waals surface area contributed by atoms with Crippen molar-refractivity contribution in [2.45, 2.75) is 322 Å². The van der Waals surface area contributed by atoms with Gasteiger partial charge in [0.25, 0.3) is 0 Å². The molecule has 0 aromatic heterocycles. The number of carbonyl (C=O) groups excluding carboxylic acids is 9. The molecule has 0 bridgehead atoms. The third kappa shape index (κ3) is 30.3. The summed E-state index contributed by atoms with van der Waals surface area (Å²) in [7, 11) is 0. The van der Waals surface area contributed by atoms with E-state index in [0.29, 0.717) is 12.8 Å². The molecule has 1 saturated heterocycles. The fourth-order valence-electron chi connectivity index (χ4n) is 10.4. The van der Waals surface area contributed by atoms with Crippen LogP contribution in [0.1, 0.15) is 255 Å². The summed E-state index contributed by atoms with van der Waals surface area (Å²) in [6.07, 6.45) is 11.6. The van der Waals surface area contributed by atoms with Gasteiger partial charge >= 0.3 is 53.7 Å². The van der Waals surface area contributed by atoms with Gasteiger partial charge in [-0.05, 0) is 12.8 Å². The van der Waals surface area contributed by atoms with E-state index >= 15 is 0 Å². The molecular formula is C60H100O20. The molecule has 2 unspecified atom stereocenters. The Kier molecular flexibility index (Phi) is 37.4. The molecule has 80 heavy (non-hydrogen) atoms. The first kappa shape index (κ1) is 71.3. The minimum atomic E-state index is -1.97. The van der Waals surface area contributed by atoms with Crippen molar-refractivity contribution in [3.8, 4) is 0 Å². The second-order valence-electron chi connectivity index (χ2n) is 21.5. The van der Waals surface area contributed by atoms with Crippen LogP contribution in [-0.2, 0) is 95.3 Å². The SMILES string of the molecule is CCCCCCCCCCCCCCCCC(=O)OC[C@H]1O[C@H](OC2[C@@H](OC(C)=O)[C@H](OC(C)=O)C(OC(C)=O)[C@H](OC(C)=O)[C@H]2OC(C)=O)[C@@H](OC(C)=O)[C@@H](OC(C)=O)[C@@H]1OC(=O)CCCCCCCCCCCCCCCC. The predicted octanol–water partition coefficient (Wildman–Crippen LogP) is 10.8. The van der Waals surface area contributed by atoms with Gasteiger partial charge in [0.2, 0.25) is 0 Å². The number of hydrogen-bond acceptors (Lipinski definition) is 20. The van der Waals surface area contributed by atoms with Crippen molar-refractivity contribution < 1.29 is 95.3 Å². The molecule has 11 atom stereocenters. The standard InChI is InChI=1S/C60H100O20/c1-10-12-14-16-18-20-22-24-26-28-30-32-34-36-38-49(68)70-40-48-51(79-50(69)39-37-35-33-31-29-27-25-23-21-19-17-15-13-11-2)52(71-41(3)61)59(77-47(9)67)60(78-48)80-58-56(75-45(7)65)54(73-43(5)63)53(72-42(4)62)55(74-44(6)64)57(58)76-46(8)66/h48,51-60H,10-40H2,1-9H3/t48-,51-,52+,53?,54-,55+,56+,57-,58?,59+,60-/m1/s1. The number of hydrogen-bond donors (Lipinski definition) is 0. The van der Waals surface area contributed by atoms with E-state index in [2.05, 4.69) is 13.8 Å².